The third-order valence-electron chi connectivity index (χ3n) is 6.58. The van der Waals surface area contributed by atoms with E-state index in [2.05, 4.69) is 0 Å². The first kappa shape index (κ1) is 23.5. The van der Waals surface area contributed by atoms with E-state index in [-0.39, 0.29) is 6.10 Å². The molecule has 0 heterocycles. The van der Waals surface area contributed by atoms with Gasteiger partial charge in [-0.1, -0.05) is 24.3 Å². The number of halogens is 4. The molecule has 0 saturated heterocycles. The van der Waals surface area contributed by atoms with Crippen LogP contribution in [0.1, 0.15) is 68.4 Å². The van der Waals surface area contributed by atoms with E-state index < -0.39 is 17.6 Å². The first-order chi connectivity index (χ1) is 14.8. The summed E-state index contributed by atoms with van der Waals surface area (Å²) < 4.78 is 57.1. The number of rotatable bonds is 6. The Bertz CT molecular complexity index is 790. The van der Waals surface area contributed by atoms with Crippen LogP contribution in [0.4, 0.5) is 17.6 Å². The maximum Gasteiger partial charge on any atom is 0.416 e. The number of hydrogen-bond donors (Lipinski definition) is 0. The highest BCUT2D eigenvalue weighted by Gasteiger charge is 2.31. The topological polar surface area (TPSA) is 33.0 Å². The summed E-state index contributed by atoms with van der Waals surface area (Å²) in [7, 11) is 0. The van der Waals surface area contributed by atoms with Gasteiger partial charge in [0.2, 0.25) is 0 Å². The zero-order chi connectivity index (χ0) is 22.3. The summed E-state index contributed by atoms with van der Waals surface area (Å²) in [6.45, 7) is 0.751. The van der Waals surface area contributed by atoms with Gasteiger partial charge in [0.15, 0.2) is 5.83 Å². The normalized spacial score (nSPS) is 27.9. The van der Waals surface area contributed by atoms with Crippen molar-refractivity contribution in [2.45, 2.75) is 69.6 Å². The van der Waals surface area contributed by atoms with Gasteiger partial charge in [0.05, 0.1) is 11.7 Å². The van der Waals surface area contributed by atoms with Crippen LogP contribution in [0, 0.1) is 23.2 Å². The van der Waals surface area contributed by atoms with Gasteiger partial charge in [0.25, 0.3) is 0 Å². The SMILES string of the molecule is N#CC(F)=CC=CC1CCC(OCC2CCC(c3ccc(C(F)(F)F)cc3)CC2)CC1. The van der Waals surface area contributed by atoms with Crippen LogP contribution in [0.25, 0.3) is 0 Å². The molecule has 1 aromatic carbocycles. The Morgan fingerprint density at radius 3 is 2.23 bits per heavy atom. The molecule has 31 heavy (non-hydrogen) atoms. The quantitative estimate of drug-likeness (QED) is 0.263. The van der Waals surface area contributed by atoms with Crippen LogP contribution in [-0.4, -0.2) is 12.7 Å². The maximum atomic E-state index is 12.8. The zero-order valence-corrected chi connectivity index (χ0v) is 17.6. The molecule has 0 N–H and O–H groups in total. The number of alkyl halides is 3. The van der Waals surface area contributed by atoms with Crippen LogP contribution in [0.2, 0.25) is 0 Å². The van der Waals surface area contributed by atoms with Gasteiger partial charge in [-0.15, -0.1) is 0 Å². The number of nitrogens with zero attached hydrogens (tertiary/aromatic N) is 1. The minimum atomic E-state index is -4.28. The standard InChI is InChI=1S/C25H29F4NO/c26-23(16-30)3-1-2-18-6-14-24(15-7-18)31-17-19-4-8-20(9-5-19)21-10-12-22(13-11-21)25(27,28)29/h1-3,10-13,18-20,24H,4-9,14-15,17H2. The molecule has 0 radical (unpaired) electrons. The van der Waals surface area contributed by atoms with E-state index >= 15 is 0 Å². The van der Waals surface area contributed by atoms with E-state index in [9.17, 15) is 17.6 Å². The fourth-order valence-corrected chi connectivity index (χ4v) is 4.66. The Morgan fingerprint density at radius 2 is 1.65 bits per heavy atom. The zero-order valence-electron chi connectivity index (χ0n) is 17.6. The van der Waals surface area contributed by atoms with Crippen LogP contribution >= 0.6 is 0 Å². The molecular formula is C25H29F4NO. The lowest BCUT2D eigenvalue weighted by Gasteiger charge is -2.32. The van der Waals surface area contributed by atoms with Gasteiger partial charge in [-0.25, -0.2) is 0 Å². The largest absolute Gasteiger partial charge is 0.416 e. The second-order valence-corrected chi connectivity index (χ2v) is 8.72. The van der Waals surface area contributed by atoms with Crippen molar-refractivity contribution in [1.82, 2.24) is 0 Å². The predicted molar refractivity (Wildman–Crippen MR) is 112 cm³/mol. The van der Waals surface area contributed by atoms with Gasteiger partial charge in [0, 0.05) is 6.61 Å². The van der Waals surface area contributed by atoms with Crippen molar-refractivity contribution in [3.63, 3.8) is 0 Å². The number of allylic oxidation sites excluding steroid dienone is 4. The van der Waals surface area contributed by atoms with Crippen molar-refractivity contribution < 1.29 is 22.3 Å². The molecule has 0 bridgehead atoms. The molecule has 2 fully saturated rings. The van der Waals surface area contributed by atoms with E-state index in [1.165, 1.54) is 24.3 Å². The molecule has 0 spiro atoms. The summed E-state index contributed by atoms with van der Waals surface area (Å²) in [5.74, 6) is 0.478. The molecule has 2 nitrogen and oxygen atoms in total. The highest BCUT2D eigenvalue weighted by Crippen LogP contribution is 2.38. The molecule has 6 heteroatoms. The Labute approximate surface area is 181 Å². The summed E-state index contributed by atoms with van der Waals surface area (Å²) in [6.07, 6.45) is 8.82. The van der Waals surface area contributed by atoms with Crippen LogP contribution in [-0.2, 0) is 10.9 Å². The molecule has 0 aliphatic heterocycles. The van der Waals surface area contributed by atoms with Gasteiger partial charge in [-0.3, -0.25) is 0 Å². The van der Waals surface area contributed by atoms with Crippen molar-refractivity contribution in [3.05, 3.63) is 59.4 Å². The van der Waals surface area contributed by atoms with Crippen LogP contribution < -0.4 is 0 Å². The van der Waals surface area contributed by atoms with Crippen molar-refractivity contribution >= 4 is 0 Å². The van der Waals surface area contributed by atoms with Crippen molar-refractivity contribution in [2.24, 2.45) is 11.8 Å². The van der Waals surface area contributed by atoms with E-state index in [4.69, 9.17) is 10.00 Å². The third kappa shape index (κ3) is 7.21. The smallest absolute Gasteiger partial charge is 0.378 e. The third-order valence-corrected chi connectivity index (χ3v) is 6.58. The number of hydrogen-bond acceptors (Lipinski definition) is 2. The van der Waals surface area contributed by atoms with E-state index in [1.807, 2.05) is 6.08 Å². The van der Waals surface area contributed by atoms with E-state index in [0.717, 1.165) is 63.5 Å². The fourth-order valence-electron chi connectivity index (χ4n) is 4.66. The van der Waals surface area contributed by atoms with Gasteiger partial charge in [-0.2, -0.15) is 22.8 Å². The summed E-state index contributed by atoms with van der Waals surface area (Å²) >= 11 is 0. The van der Waals surface area contributed by atoms with E-state index in [1.54, 1.807) is 18.2 Å². The summed E-state index contributed by atoms with van der Waals surface area (Å²) in [5.41, 5.74) is 0.414. The van der Waals surface area contributed by atoms with Crippen molar-refractivity contribution in [1.29, 1.82) is 5.26 Å². The molecule has 3 rings (SSSR count). The van der Waals surface area contributed by atoms with Gasteiger partial charge in [-0.05, 0) is 92.9 Å². The molecule has 0 unspecified atom stereocenters. The molecule has 168 valence electrons. The lowest BCUT2D eigenvalue weighted by Crippen LogP contribution is -2.25. The Balaban J connectivity index is 1.35. The van der Waals surface area contributed by atoms with Crippen LogP contribution in [0.15, 0.2) is 48.3 Å². The molecule has 2 aliphatic rings. The van der Waals surface area contributed by atoms with Crippen LogP contribution in [0.5, 0.6) is 0 Å². The van der Waals surface area contributed by atoms with Gasteiger partial charge in [0.1, 0.15) is 6.07 Å². The monoisotopic (exact) mass is 435 g/mol. The average Bonchev–Trinajstić information content (AvgIpc) is 2.78. The highest BCUT2D eigenvalue weighted by atomic mass is 19.4. The Morgan fingerprint density at radius 1 is 1.00 bits per heavy atom. The Hall–Kier alpha value is -2.13. The van der Waals surface area contributed by atoms with Crippen molar-refractivity contribution in [2.75, 3.05) is 6.61 Å². The molecule has 2 aliphatic carbocycles. The van der Waals surface area contributed by atoms with Gasteiger partial charge < -0.3 is 4.74 Å². The highest BCUT2D eigenvalue weighted by molar-refractivity contribution is 5.27. The molecular weight excluding hydrogens is 406 g/mol. The second-order valence-electron chi connectivity index (χ2n) is 8.72. The molecule has 2 saturated carbocycles. The molecule has 1 aromatic rings. The summed E-state index contributed by atoms with van der Waals surface area (Å²) in [4.78, 5) is 0. The molecule has 0 atom stereocenters. The first-order valence-corrected chi connectivity index (χ1v) is 11.1. The Kier molecular flexibility index (Phi) is 8.31. The maximum absolute atomic E-state index is 12.8. The summed E-state index contributed by atoms with van der Waals surface area (Å²) in [5, 5.41) is 8.40. The first-order valence-electron chi connectivity index (χ1n) is 11.1. The summed E-state index contributed by atoms with van der Waals surface area (Å²) in [6, 6.07) is 7.09. The number of ether oxygens (including phenoxy) is 1. The lowest BCUT2D eigenvalue weighted by atomic mass is 9.79. The fraction of sp³-hybridized carbons (Fsp3) is 0.560. The molecule has 0 amide bonds. The minimum Gasteiger partial charge on any atom is -0.378 e. The van der Waals surface area contributed by atoms with Crippen molar-refractivity contribution in [3.8, 4) is 6.07 Å². The lowest BCUT2D eigenvalue weighted by molar-refractivity contribution is -0.137. The van der Waals surface area contributed by atoms with E-state index in [0.29, 0.717) is 17.8 Å². The molecule has 0 aromatic heterocycles. The van der Waals surface area contributed by atoms with Crippen LogP contribution in [0.3, 0.4) is 0 Å². The second kappa shape index (κ2) is 10.9. The number of benzene rings is 1. The van der Waals surface area contributed by atoms with Gasteiger partial charge >= 0.3 is 6.18 Å². The average molecular weight is 436 g/mol. The number of nitriles is 1. The minimum absolute atomic E-state index is 0.267. The predicted octanol–water partition coefficient (Wildman–Crippen LogP) is 7.49.